The van der Waals surface area contributed by atoms with E-state index in [0.29, 0.717) is 20.6 Å². The number of likely N-dealkylation sites (N-methyl/N-ethyl adjacent to an activating group) is 1. The van der Waals surface area contributed by atoms with E-state index in [-0.39, 0.29) is 29.5 Å². The molecule has 0 spiro atoms. The van der Waals surface area contributed by atoms with Gasteiger partial charge in [0.25, 0.3) is 10.0 Å². The summed E-state index contributed by atoms with van der Waals surface area (Å²) in [6.45, 7) is 4.80. The van der Waals surface area contributed by atoms with Gasteiger partial charge in [0.1, 0.15) is 12.6 Å². The van der Waals surface area contributed by atoms with Gasteiger partial charge in [-0.3, -0.25) is 13.9 Å². The highest BCUT2D eigenvalue weighted by atomic mass is 35.5. The van der Waals surface area contributed by atoms with E-state index in [1.54, 1.807) is 56.3 Å². The Kier molecular flexibility index (Phi) is 10.3. The third kappa shape index (κ3) is 7.25. The molecule has 0 fully saturated rings. The first-order valence-corrected chi connectivity index (χ1v) is 14.8. The Hall–Kier alpha value is -2.78. The predicted octanol–water partition coefficient (Wildman–Crippen LogP) is 6.01. The van der Waals surface area contributed by atoms with Crippen molar-refractivity contribution in [2.45, 2.75) is 44.7 Å². The maximum Gasteiger partial charge on any atom is 0.264 e. The Bertz CT molecular complexity index is 1460. The van der Waals surface area contributed by atoms with Crippen LogP contribution in [0, 0.1) is 13.8 Å². The van der Waals surface area contributed by atoms with Crippen molar-refractivity contribution in [2.75, 3.05) is 17.9 Å². The van der Waals surface area contributed by atoms with Crippen LogP contribution in [0.2, 0.25) is 15.1 Å². The van der Waals surface area contributed by atoms with Crippen LogP contribution in [0.4, 0.5) is 5.69 Å². The molecule has 1 N–H and O–H groups in total. The number of hydrogen-bond acceptors (Lipinski definition) is 4. The summed E-state index contributed by atoms with van der Waals surface area (Å²) in [7, 11) is -2.71. The molecule has 0 aliphatic rings. The lowest BCUT2D eigenvalue weighted by atomic mass is 10.1. The summed E-state index contributed by atoms with van der Waals surface area (Å²) in [6, 6.07) is 15.1. The van der Waals surface area contributed by atoms with Crippen molar-refractivity contribution in [1.29, 1.82) is 0 Å². The van der Waals surface area contributed by atoms with Gasteiger partial charge in [-0.15, -0.1) is 0 Å². The summed E-state index contributed by atoms with van der Waals surface area (Å²) in [6.07, 6.45) is 0.289. The molecule has 0 aliphatic carbocycles. The highest BCUT2D eigenvalue weighted by Crippen LogP contribution is 2.29. The number of carbonyl (C=O) groups excluding carboxylic acids is 2. The molecule has 0 heterocycles. The first-order valence-electron chi connectivity index (χ1n) is 12.2. The topological polar surface area (TPSA) is 86.8 Å². The molecule has 208 valence electrons. The van der Waals surface area contributed by atoms with E-state index in [1.165, 1.54) is 30.1 Å². The summed E-state index contributed by atoms with van der Waals surface area (Å²) in [4.78, 5) is 28.1. The lowest BCUT2D eigenvalue weighted by molar-refractivity contribution is -0.140. The maximum absolute atomic E-state index is 14.0. The van der Waals surface area contributed by atoms with Crippen LogP contribution in [0.5, 0.6) is 0 Å². The van der Waals surface area contributed by atoms with E-state index in [2.05, 4.69) is 5.32 Å². The first-order chi connectivity index (χ1) is 18.4. The van der Waals surface area contributed by atoms with Gasteiger partial charge in [0.05, 0.1) is 10.6 Å². The number of sulfonamides is 1. The minimum atomic E-state index is -4.19. The van der Waals surface area contributed by atoms with E-state index < -0.39 is 28.5 Å². The standard InChI is InChI=1S/C28H30Cl3N3O4S/c1-5-26(28(36)32-4)33(16-20-9-10-21(29)14-25(20)31)27(35)17-34(22-11-8-19(3)24(30)15-22)39(37,38)23-12-6-18(2)7-13-23/h6-15,26H,5,16-17H2,1-4H3,(H,32,36). The zero-order valence-electron chi connectivity index (χ0n) is 22.0. The fourth-order valence-corrected chi connectivity index (χ4v) is 6.07. The highest BCUT2D eigenvalue weighted by molar-refractivity contribution is 7.92. The van der Waals surface area contributed by atoms with Gasteiger partial charge in [-0.2, -0.15) is 0 Å². The van der Waals surface area contributed by atoms with Gasteiger partial charge in [-0.1, -0.05) is 71.6 Å². The fraction of sp³-hybridized carbons (Fsp3) is 0.286. The average molecular weight is 611 g/mol. The van der Waals surface area contributed by atoms with E-state index in [4.69, 9.17) is 34.8 Å². The molecule has 0 aromatic heterocycles. The molecule has 3 aromatic rings. The Labute approximate surface area is 244 Å². The third-order valence-electron chi connectivity index (χ3n) is 6.32. The Balaban J connectivity index is 2.10. The molecule has 0 aliphatic heterocycles. The summed E-state index contributed by atoms with van der Waals surface area (Å²) >= 11 is 18.8. The van der Waals surface area contributed by atoms with E-state index in [9.17, 15) is 18.0 Å². The van der Waals surface area contributed by atoms with E-state index in [0.717, 1.165) is 15.4 Å². The number of carbonyl (C=O) groups is 2. The van der Waals surface area contributed by atoms with Gasteiger partial charge in [-0.25, -0.2) is 8.42 Å². The quantitative estimate of drug-likeness (QED) is 0.305. The maximum atomic E-state index is 14.0. The Morgan fingerprint density at radius 1 is 0.923 bits per heavy atom. The molecule has 1 atom stereocenters. The number of anilines is 1. The summed E-state index contributed by atoms with van der Waals surface area (Å²) in [5.74, 6) is -0.980. The molecule has 11 heteroatoms. The van der Waals surface area contributed by atoms with Crippen LogP contribution in [0.25, 0.3) is 0 Å². The second kappa shape index (κ2) is 13.0. The molecular weight excluding hydrogens is 581 g/mol. The Morgan fingerprint density at radius 3 is 2.15 bits per heavy atom. The van der Waals surface area contributed by atoms with Gasteiger partial charge in [0, 0.05) is 28.7 Å². The molecule has 0 saturated heterocycles. The molecule has 1 unspecified atom stereocenters. The molecule has 3 rings (SSSR count). The van der Waals surface area contributed by atoms with E-state index >= 15 is 0 Å². The van der Waals surface area contributed by atoms with Crippen LogP contribution in [0.3, 0.4) is 0 Å². The lowest BCUT2D eigenvalue weighted by Crippen LogP contribution is -2.51. The van der Waals surface area contributed by atoms with Crippen molar-refractivity contribution < 1.29 is 18.0 Å². The largest absolute Gasteiger partial charge is 0.357 e. The van der Waals surface area contributed by atoms with Crippen molar-refractivity contribution in [2.24, 2.45) is 0 Å². The lowest BCUT2D eigenvalue weighted by Gasteiger charge is -2.33. The molecule has 7 nitrogen and oxygen atoms in total. The third-order valence-corrected chi connectivity index (χ3v) is 9.10. The molecule has 39 heavy (non-hydrogen) atoms. The number of benzene rings is 3. The van der Waals surface area contributed by atoms with Crippen LogP contribution in [-0.2, 0) is 26.2 Å². The van der Waals surface area contributed by atoms with E-state index in [1.807, 2.05) is 6.92 Å². The smallest absolute Gasteiger partial charge is 0.264 e. The first kappa shape index (κ1) is 30.8. The summed E-state index contributed by atoms with van der Waals surface area (Å²) in [5.41, 5.74) is 2.42. The fourth-order valence-electron chi connectivity index (χ4n) is 4.02. The van der Waals surface area contributed by atoms with Gasteiger partial charge in [-0.05, 0) is 67.8 Å². The number of amides is 2. The van der Waals surface area contributed by atoms with Gasteiger partial charge in [0.15, 0.2) is 0 Å². The van der Waals surface area contributed by atoms with Crippen molar-refractivity contribution in [3.05, 3.63) is 92.4 Å². The zero-order valence-corrected chi connectivity index (χ0v) is 25.1. The highest BCUT2D eigenvalue weighted by Gasteiger charge is 2.33. The van der Waals surface area contributed by atoms with Gasteiger partial charge < -0.3 is 10.2 Å². The minimum absolute atomic E-state index is 0.0169. The van der Waals surface area contributed by atoms with Crippen molar-refractivity contribution in [1.82, 2.24) is 10.2 Å². The number of nitrogens with one attached hydrogen (secondary N) is 1. The second-order valence-electron chi connectivity index (χ2n) is 9.05. The van der Waals surface area contributed by atoms with Crippen molar-refractivity contribution >= 4 is 62.3 Å². The minimum Gasteiger partial charge on any atom is -0.357 e. The van der Waals surface area contributed by atoms with Gasteiger partial charge in [0.2, 0.25) is 11.8 Å². The number of rotatable bonds is 10. The summed E-state index contributed by atoms with van der Waals surface area (Å²) in [5, 5.41) is 3.68. The second-order valence-corrected chi connectivity index (χ2v) is 12.2. The van der Waals surface area contributed by atoms with Crippen molar-refractivity contribution in [3.63, 3.8) is 0 Å². The molecule has 2 amide bonds. The molecule has 0 bridgehead atoms. The predicted molar refractivity (Wildman–Crippen MR) is 157 cm³/mol. The van der Waals surface area contributed by atoms with Crippen LogP contribution in [0.1, 0.15) is 30.0 Å². The van der Waals surface area contributed by atoms with Crippen LogP contribution in [-0.4, -0.2) is 44.8 Å². The molecule has 3 aromatic carbocycles. The van der Waals surface area contributed by atoms with Crippen molar-refractivity contribution in [3.8, 4) is 0 Å². The van der Waals surface area contributed by atoms with Crippen LogP contribution in [0.15, 0.2) is 65.6 Å². The number of aryl methyl sites for hydroxylation is 2. The molecular formula is C28H30Cl3N3O4S. The monoisotopic (exact) mass is 609 g/mol. The van der Waals surface area contributed by atoms with Gasteiger partial charge >= 0.3 is 0 Å². The number of halogens is 3. The Morgan fingerprint density at radius 2 is 1.59 bits per heavy atom. The normalized spacial score (nSPS) is 12.1. The average Bonchev–Trinajstić information content (AvgIpc) is 2.89. The molecule has 0 saturated carbocycles. The molecule has 0 radical (unpaired) electrons. The number of nitrogens with zero attached hydrogens (tertiary/aromatic N) is 2. The summed E-state index contributed by atoms with van der Waals surface area (Å²) < 4.78 is 28.8. The SMILES string of the molecule is CCC(C(=O)NC)N(Cc1ccc(Cl)cc1Cl)C(=O)CN(c1ccc(C)c(Cl)c1)S(=O)(=O)c1ccc(C)cc1. The van der Waals surface area contributed by atoms with Crippen LogP contribution < -0.4 is 9.62 Å². The number of hydrogen-bond donors (Lipinski definition) is 1. The van der Waals surface area contributed by atoms with Crippen LogP contribution >= 0.6 is 34.8 Å². The zero-order chi connectivity index (χ0) is 28.9.